The number of para-hydroxylation sites is 1. The zero-order valence-electron chi connectivity index (χ0n) is 14.0. The first-order valence-corrected chi connectivity index (χ1v) is 8.61. The average Bonchev–Trinajstić information content (AvgIpc) is 2.54. The van der Waals surface area contributed by atoms with Crippen molar-refractivity contribution in [2.75, 3.05) is 38.0 Å². The maximum atomic E-state index is 4.79. The minimum atomic E-state index is 0.775. The molecule has 1 fully saturated rings. The van der Waals surface area contributed by atoms with E-state index in [0.717, 1.165) is 51.0 Å². The number of piperidine rings is 1. The van der Waals surface area contributed by atoms with E-state index in [-0.39, 0.29) is 0 Å². The molecule has 4 nitrogen and oxygen atoms in total. The summed E-state index contributed by atoms with van der Waals surface area (Å²) in [5.74, 6) is 1.87. The Morgan fingerprint density at radius 2 is 2.14 bits per heavy atom. The van der Waals surface area contributed by atoms with Gasteiger partial charge in [-0.15, -0.1) is 0 Å². The van der Waals surface area contributed by atoms with Crippen LogP contribution in [0, 0.1) is 5.92 Å². The van der Waals surface area contributed by atoms with Crippen molar-refractivity contribution in [2.45, 2.75) is 33.1 Å². The van der Waals surface area contributed by atoms with E-state index in [0.29, 0.717) is 0 Å². The third-order valence-electron chi connectivity index (χ3n) is 3.99. The largest absolute Gasteiger partial charge is 0.385 e. The maximum Gasteiger partial charge on any atom is 0.193 e. The average molecular weight is 302 g/mol. The maximum absolute atomic E-state index is 4.79. The van der Waals surface area contributed by atoms with Crippen LogP contribution in [0.3, 0.4) is 0 Å². The van der Waals surface area contributed by atoms with Crippen LogP contribution >= 0.6 is 0 Å². The van der Waals surface area contributed by atoms with Crippen LogP contribution in [0.2, 0.25) is 0 Å². The molecule has 0 radical (unpaired) electrons. The number of anilines is 1. The summed E-state index contributed by atoms with van der Waals surface area (Å²) in [6.45, 7) is 9.51. The third-order valence-corrected chi connectivity index (χ3v) is 3.99. The standard InChI is InChI=1S/C18H30N4/c1-3-19-18(22-14-7-9-16(2)15-22)21-13-8-12-20-17-10-5-4-6-11-17/h4-6,10-11,16,20H,3,7-9,12-15H2,1-2H3,(H,19,21). The summed E-state index contributed by atoms with van der Waals surface area (Å²) < 4.78 is 0. The lowest BCUT2D eigenvalue weighted by Crippen LogP contribution is -2.46. The lowest BCUT2D eigenvalue weighted by molar-refractivity contribution is 0.266. The molecule has 0 saturated carbocycles. The van der Waals surface area contributed by atoms with E-state index >= 15 is 0 Å². The highest BCUT2D eigenvalue weighted by Gasteiger charge is 2.18. The van der Waals surface area contributed by atoms with Gasteiger partial charge in [0.25, 0.3) is 0 Å². The Bertz CT molecular complexity index is 444. The molecule has 0 amide bonds. The van der Waals surface area contributed by atoms with Crippen molar-refractivity contribution >= 4 is 11.6 Å². The Hall–Kier alpha value is -1.71. The number of nitrogens with zero attached hydrogens (tertiary/aromatic N) is 2. The molecule has 1 aromatic rings. The van der Waals surface area contributed by atoms with Crippen LogP contribution in [-0.2, 0) is 0 Å². The number of likely N-dealkylation sites (tertiary alicyclic amines) is 1. The first kappa shape index (κ1) is 16.7. The normalized spacial score (nSPS) is 19.1. The van der Waals surface area contributed by atoms with Crippen LogP contribution in [0.1, 0.15) is 33.1 Å². The predicted octanol–water partition coefficient (Wildman–Crippen LogP) is 3.19. The summed E-state index contributed by atoms with van der Waals surface area (Å²) in [7, 11) is 0. The van der Waals surface area contributed by atoms with E-state index in [2.05, 4.69) is 53.6 Å². The first-order valence-electron chi connectivity index (χ1n) is 8.61. The number of aliphatic imine (C=N–C) groups is 1. The van der Waals surface area contributed by atoms with Gasteiger partial charge in [0.15, 0.2) is 5.96 Å². The lowest BCUT2D eigenvalue weighted by atomic mass is 10.0. The van der Waals surface area contributed by atoms with Crippen LogP contribution in [0.5, 0.6) is 0 Å². The monoisotopic (exact) mass is 302 g/mol. The molecule has 22 heavy (non-hydrogen) atoms. The summed E-state index contributed by atoms with van der Waals surface area (Å²) in [5, 5.41) is 6.87. The second-order valence-electron chi connectivity index (χ2n) is 6.08. The topological polar surface area (TPSA) is 39.7 Å². The van der Waals surface area contributed by atoms with Gasteiger partial charge in [0, 0.05) is 38.4 Å². The zero-order valence-corrected chi connectivity index (χ0v) is 14.0. The van der Waals surface area contributed by atoms with Crippen molar-refractivity contribution in [3.05, 3.63) is 30.3 Å². The Morgan fingerprint density at radius 3 is 2.86 bits per heavy atom. The summed E-state index contributed by atoms with van der Waals surface area (Å²) >= 11 is 0. The molecule has 4 heteroatoms. The molecular formula is C18H30N4. The van der Waals surface area contributed by atoms with Crippen LogP contribution in [0.25, 0.3) is 0 Å². The van der Waals surface area contributed by atoms with Crippen LogP contribution in [-0.4, -0.2) is 43.6 Å². The summed E-state index contributed by atoms with van der Waals surface area (Å²) in [6, 6.07) is 10.4. The molecular weight excluding hydrogens is 272 g/mol. The summed E-state index contributed by atoms with van der Waals surface area (Å²) in [4.78, 5) is 7.21. The number of hydrogen-bond acceptors (Lipinski definition) is 2. The second kappa shape index (κ2) is 9.34. The fraction of sp³-hybridized carbons (Fsp3) is 0.611. The highest BCUT2D eigenvalue weighted by atomic mass is 15.3. The number of rotatable bonds is 6. The molecule has 1 atom stereocenters. The highest BCUT2D eigenvalue weighted by molar-refractivity contribution is 5.80. The van der Waals surface area contributed by atoms with E-state index < -0.39 is 0 Å². The van der Waals surface area contributed by atoms with Crippen molar-refractivity contribution < 1.29 is 0 Å². The fourth-order valence-corrected chi connectivity index (χ4v) is 2.86. The van der Waals surface area contributed by atoms with Crippen molar-refractivity contribution in [3.8, 4) is 0 Å². The Balaban J connectivity index is 1.75. The second-order valence-corrected chi connectivity index (χ2v) is 6.08. The molecule has 1 aliphatic rings. The molecule has 1 unspecified atom stereocenters. The summed E-state index contributed by atoms with van der Waals surface area (Å²) in [5.41, 5.74) is 1.18. The van der Waals surface area contributed by atoms with Crippen molar-refractivity contribution in [1.82, 2.24) is 10.2 Å². The zero-order chi connectivity index (χ0) is 15.6. The minimum absolute atomic E-state index is 0.775. The molecule has 0 spiro atoms. The minimum Gasteiger partial charge on any atom is -0.385 e. The molecule has 2 N–H and O–H groups in total. The van der Waals surface area contributed by atoms with Gasteiger partial charge in [-0.3, -0.25) is 4.99 Å². The van der Waals surface area contributed by atoms with Crippen molar-refractivity contribution in [3.63, 3.8) is 0 Å². The van der Waals surface area contributed by atoms with Gasteiger partial charge < -0.3 is 15.5 Å². The third kappa shape index (κ3) is 5.58. The van der Waals surface area contributed by atoms with Crippen molar-refractivity contribution in [2.24, 2.45) is 10.9 Å². The van der Waals surface area contributed by atoms with Gasteiger partial charge in [-0.2, -0.15) is 0 Å². The smallest absolute Gasteiger partial charge is 0.193 e. The van der Waals surface area contributed by atoms with Crippen molar-refractivity contribution in [1.29, 1.82) is 0 Å². The van der Waals surface area contributed by atoms with Crippen LogP contribution in [0.4, 0.5) is 5.69 Å². The number of nitrogens with one attached hydrogen (secondary N) is 2. The molecule has 1 saturated heterocycles. The van der Waals surface area contributed by atoms with E-state index in [9.17, 15) is 0 Å². The quantitative estimate of drug-likeness (QED) is 0.482. The van der Waals surface area contributed by atoms with Gasteiger partial charge in [-0.1, -0.05) is 25.1 Å². The molecule has 2 rings (SSSR count). The molecule has 122 valence electrons. The molecule has 1 aliphatic heterocycles. The lowest BCUT2D eigenvalue weighted by Gasteiger charge is -2.33. The van der Waals surface area contributed by atoms with Crippen LogP contribution < -0.4 is 10.6 Å². The fourth-order valence-electron chi connectivity index (χ4n) is 2.86. The molecule has 1 aromatic carbocycles. The van der Waals surface area contributed by atoms with E-state index in [1.165, 1.54) is 18.5 Å². The Labute approximate surface area is 135 Å². The van der Waals surface area contributed by atoms with E-state index in [1.54, 1.807) is 0 Å². The predicted molar refractivity (Wildman–Crippen MR) is 95.5 cm³/mol. The van der Waals surface area contributed by atoms with Gasteiger partial charge in [-0.25, -0.2) is 0 Å². The molecule has 0 bridgehead atoms. The van der Waals surface area contributed by atoms with Gasteiger partial charge in [-0.05, 0) is 44.2 Å². The Kier molecular flexibility index (Phi) is 7.07. The summed E-state index contributed by atoms with van der Waals surface area (Å²) in [6.07, 6.45) is 3.67. The van der Waals surface area contributed by atoms with Gasteiger partial charge in [0.1, 0.15) is 0 Å². The highest BCUT2D eigenvalue weighted by Crippen LogP contribution is 2.15. The molecule has 0 aliphatic carbocycles. The Morgan fingerprint density at radius 1 is 1.32 bits per heavy atom. The molecule has 0 aromatic heterocycles. The number of guanidine groups is 1. The molecule has 1 heterocycles. The van der Waals surface area contributed by atoms with Gasteiger partial charge >= 0.3 is 0 Å². The van der Waals surface area contributed by atoms with Crippen LogP contribution in [0.15, 0.2) is 35.3 Å². The van der Waals surface area contributed by atoms with E-state index in [1.807, 2.05) is 6.07 Å². The first-order chi connectivity index (χ1) is 10.8. The van der Waals surface area contributed by atoms with Gasteiger partial charge in [0.2, 0.25) is 0 Å². The van der Waals surface area contributed by atoms with Gasteiger partial charge in [0.05, 0.1) is 0 Å². The van der Waals surface area contributed by atoms with E-state index in [4.69, 9.17) is 4.99 Å². The number of benzene rings is 1. The number of hydrogen-bond donors (Lipinski definition) is 2. The SMILES string of the molecule is CCNC(=NCCCNc1ccccc1)N1CCCC(C)C1.